The smallest absolute Gasteiger partial charge is 0.337 e. The summed E-state index contributed by atoms with van der Waals surface area (Å²) >= 11 is 0. The van der Waals surface area contributed by atoms with Gasteiger partial charge in [-0.05, 0) is 48.5 Å². The van der Waals surface area contributed by atoms with E-state index in [9.17, 15) is 9.59 Å². The monoisotopic (exact) mass is 398 g/mol. The zero-order chi connectivity index (χ0) is 20.8. The predicted molar refractivity (Wildman–Crippen MR) is 106 cm³/mol. The Kier molecular flexibility index (Phi) is 6.36. The van der Waals surface area contributed by atoms with E-state index < -0.39 is 5.97 Å². The maximum absolute atomic E-state index is 12.5. The number of nitrogens with one attached hydrogen (secondary N) is 1. The second-order valence-corrected chi connectivity index (χ2v) is 6.22. The summed E-state index contributed by atoms with van der Waals surface area (Å²) in [6.45, 7) is 0.0388. The fourth-order valence-corrected chi connectivity index (χ4v) is 2.88. The number of β-amino-alcohol motifs (C(OH)–C–C–N with tert-alkyl or cyclic N) is 1. The molecule has 0 aliphatic carbocycles. The first kappa shape index (κ1) is 20.2. The van der Waals surface area contributed by atoms with E-state index in [1.165, 1.54) is 12.0 Å². The molecule has 1 aliphatic heterocycles. The number of hydrogen-bond acceptors (Lipinski definition) is 7. The number of benzene rings is 2. The minimum absolute atomic E-state index is 0.0903. The van der Waals surface area contributed by atoms with Gasteiger partial charge in [0, 0.05) is 12.2 Å². The fraction of sp³-hybridized carbons (Fsp3) is 0.238. The summed E-state index contributed by atoms with van der Waals surface area (Å²) in [5.74, 6) is 1.07. The number of nitrogens with zero attached hydrogens (tertiary/aromatic N) is 1. The van der Waals surface area contributed by atoms with Crippen LogP contribution in [0.4, 0.5) is 5.69 Å². The molecule has 1 heterocycles. The first-order valence-electron chi connectivity index (χ1n) is 8.96. The second-order valence-electron chi connectivity index (χ2n) is 6.22. The third-order valence-corrected chi connectivity index (χ3v) is 4.37. The number of aliphatic hydroxyl groups is 1. The zero-order valence-electron chi connectivity index (χ0n) is 16.2. The molecule has 0 aromatic heterocycles. The van der Waals surface area contributed by atoms with Gasteiger partial charge in [-0.1, -0.05) is 0 Å². The molecule has 1 aliphatic rings. The standard InChI is InChI=1S/C21H22N2O6/c1-27-15-7-9-17(10-8-15)29-16-5-3-14(4-6-16)22-19-18(21(26)28-2)13-23(11-12-24)20(19)25/h3-10,22,24H,11-13H2,1-2H3. The van der Waals surface area contributed by atoms with E-state index >= 15 is 0 Å². The van der Waals surface area contributed by atoms with Crippen molar-refractivity contribution in [2.24, 2.45) is 0 Å². The van der Waals surface area contributed by atoms with Crippen LogP contribution in [0.1, 0.15) is 0 Å². The van der Waals surface area contributed by atoms with E-state index in [0.29, 0.717) is 17.2 Å². The van der Waals surface area contributed by atoms with Gasteiger partial charge in [-0.2, -0.15) is 0 Å². The van der Waals surface area contributed by atoms with Crippen molar-refractivity contribution in [3.05, 3.63) is 59.8 Å². The van der Waals surface area contributed by atoms with E-state index in [-0.39, 0.29) is 36.9 Å². The Hall–Kier alpha value is -3.52. The van der Waals surface area contributed by atoms with Crippen molar-refractivity contribution in [3.63, 3.8) is 0 Å². The predicted octanol–water partition coefficient (Wildman–Crippen LogP) is 2.16. The Bertz CT molecular complexity index is 906. The van der Waals surface area contributed by atoms with Gasteiger partial charge < -0.3 is 29.5 Å². The molecular formula is C21H22N2O6. The molecule has 2 N–H and O–H groups in total. The number of amides is 1. The third-order valence-electron chi connectivity index (χ3n) is 4.37. The number of aliphatic hydroxyl groups excluding tert-OH is 1. The number of ether oxygens (including phenoxy) is 3. The van der Waals surface area contributed by atoms with Gasteiger partial charge in [-0.15, -0.1) is 0 Å². The van der Waals surface area contributed by atoms with E-state index in [1.54, 1.807) is 55.6 Å². The number of esters is 1. The summed E-state index contributed by atoms with van der Waals surface area (Å²) in [4.78, 5) is 26.0. The molecule has 29 heavy (non-hydrogen) atoms. The lowest BCUT2D eigenvalue weighted by Crippen LogP contribution is -2.31. The van der Waals surface area contributed by atoms with Crippen molar-refractivity contribution < 1.29 is 28.9 Å². The normalized spacial score (nSPS) is 13.5. The van der Waals surface area contributed by atoms with Crippen LogP contribution in [0.15, 0.2) is 59.8 Å². The molecule has 1 amide bonds. The van der Waals surface area contributed by atoms with Crippen molar-refractivity contribution >= 4 is 17.6 Å². The SMILES string of the molecule is COC(=O)C1=C(Nc2ccc(Oc3ccc(OC)cc3)cc2)C(=O)N(CCO)C1. The molecular weight excluding hydrogens is 376 g/mol. The summed E-state index contributed by atoms with van der Waals surface area (Å²) in [5.41, 5.74) is 0.987. The fourth-order valence-electron chi connectivity index (χ4n) is 2.88. The van der Waals surface area contributed by atoms with Gasteiger partial charge >= 0.3 is 5.97 Å². The van der Waals surface area contributed by atoms with Crippen LogP contribution in [0.3, 0.4) is 0 Å². The van der Waals surface area contributed by atoms with Gasteiger partial charge in [-0.3, -0.25) is 4.79 Å². The number of hydrogen-bond donors (Lipinski definition) is 2. The molecule has 0 saturated heterocycles. The van der Waals surface area contributed by atoms with Crippen LogP contribution in [0.25, 0.3) is 0 Å². The molecule has 0 atom stereocenters. The summed E-state index contributed by atoms with van der Waals surface area (Å²) < 4.78 is 15.7. The van der Waals surface area contributed by atoms with E-state index in [1.807, 2.05) is 0 Å². The van der Waals surface area contributed by atoms with Crippen molar-refractivity contribution in [2.75, 3.05) is 39.2 Å². The first-order valence-corrected chi connectivity index (χ1v) is 8.96. The molecule has 0 saturated carbocycles. The quantitative estimate of drug-likeness (QED) is 0.658. The van der Waals surface area contributed by atoms with Crippen molar-refractivity contribution in [1.29, 1.82) is 0 Å². The van der Waals surface area contributed by atoms with Crippen LogP contribution in [-0.2, 0) is 14.3 Å². The number of rotatable bonds is 8. The molecule has 8 nitrogen and oxygen atoms in total. The highest BCUT2D eigenvalue weighted by Gasteiger charge is 2.34. The average molecular weight is 398 g/mol. The maximum Gasteiger partial charge on any atom is 0.337 e. The minimum Gasteiger partial charge on any atom is -0.497 e. The highest BCUT2D eigenvalue weighted by Crippen LogP contribution is 2.27. The van der Waals surface area contributed by atoms with Gasteiger partial charge in [-0.25, -0.2) is 4.79 Å². The molecule has 2 aromatic carbocycles. The molecule has 0 radical (unpaired) electrons. The molecule has 152 valence electrons. The Labute approximate surface area is 168 Å². The summed E-state index contributed by atoms with van der Waals surface area (Å²) in [6.07, 6.45) is 0. The van der Waals surface area contributed by atoms with Crippen LogP contribution >= 0.6 is 0 Å². The molecule has 2 aromatic rings. The topological polar surface area (TPSA) is 97.3 Å². The van der Waals surface area contributed by atoms with Crippen LogP contribution in [0.5, 0.6) is 17.2 Å². The molecule has 0 unspecified atom stereocenters. The highest BCUT2D eigenvalue weighted by atomic mass is 16.5. The summed E-state index contributed by atoms with van der Waals surface area (Å²) in [5, 5.41) is 12.1. The lowest BCUT2D eigenvalue weighted by Gasteiger charge is -2.15. The minimum atomic E-state index is -0.583. The zero-order valence-corrected chi connectivity index (χ0v) is 16.2. The molecule has 0 spiro atoms. The Balaban J connectivity index is 1.73. The number of anilines is 1. The number of carbonyl (C=O) groups is 2. The van der Waals surface area contributed by atoms with E-state index in [4.69, 9.17) is 19.3 Å². The Morgan fingerprint density at radius 1 is 1.03 bits per heavy atom. The van der Waals surface area contributed by atoms with Crippen LogP contribution in [0, 0.1) is 0 Å². The van der Waals surface area contributed by atoms with Gasteiger partial charge in [0.15, 0.2) is 0 Å². The van der Waals surface area contributed by atoms with Crippen molar-refractivity contribution in [3.8, 4) is 17.2 Å². The second kappa shape index (κ2) is 9.11. The van der Waals surface area contributed by atoms with Gasteiger partial charge in [0.2, 0.25) is 0 Å². The number of methoxy groups -OCH3 is 2. The molecule has 3 rings (SSSR count). The van der Waals surface area contributed by atoms with Gasteiger partial charge in [0.1, 0.15) is 22.9 Å². The van der Waals surface area contributed by atoms with E-state index in [2.05, 4.69) is 5.32 Å². The highest BCUT2D eigenvalue weighted by molar-refractivity contribution is 6.08. The van der Waals surface area contributed by atoms with E-state index in [0.717, 1.165) is 5.75 Å². The molecule has 0 bridgehead atoms. The summed E-state index contributed by atoms with van der Waals surface area (Å²) in [7, 11) is 2.86. The average Bonchev–Trinajstić information content (AvgIpc) is 3.05. The van der Waals surface area contributed by atoms with Crippen molar-refractivity contribution in [2.45, 2.75) is 0 Å². The lowest BCUT2D eigenvalue weighted by atomic mass is 10.2. The Morgan fingerprint density at radius 2 is 1.62 bits per heavy atom. The summed E-state index contributed by atoms with van der Waals surface area (Å²) in [6, 6.07) is 14.2. The molecule has 8 heteroatoms. The van der Waals surface area contributed by atoms with Crippen LogP contribution in [0.2, 0.25) is 0 Å². The number of carbonyl (C=O) groups excluding carboxylic acids is 2. The maximum atomic E-state index is 12.5. The van der Waals surface area contributed by atoms with Gasteiger partial charge in [0.05, 0.1) is 32.9 Å². The van der Waals surface area contributed by atoms with Gasteiger partial charge in [0.25, 0.3) is 5.91 Å². The third kappa shape index (κ3) is 4.67. The largest absolute Gasteiger partial charge is 0.497 e. The van der Waals surface area contributed by atoms with Crippen molar-refractivity contribution in [1.82, 2.24) is 4.90 Å². The lowest BCUT2D eigenvalue weighted by molar-refractivity contribution is -0.136. The van der Waals surface area contributed by atoms with Crippen LogP contribution in [-0.4, -0.2) is 55.8 Å². The van der Waals surface area contributed by atoms with Crippen LogP contribution < -0.4 is 14.8 Å². The molecule has 0 fully saturated rings. The Morgan fingerprint density at radius 3 is 2.17 bits per heavy atom. The first-order chi connectivity index (χ1) is 14.0.